The average Bonchev–Trinajstić information content (AvgIpc) is 2.78. The summed E-state index contributed by atoms with van der Waals surface area (Å²) >= 11 is 0. The van der Waals surface area contributed by atoms with Crippen molar-refractivity contribution in [2.24, 2.45) is 0 Å². The minimum atomic E-state index is -0.296. The van der Waals surface area contributed by atoms with E-state index in [1.807, 2.05) is 0 Å². The van der Waals surface area contributed by atoms with Gasteiger partial charge in [0.05, 0.1) is 14.2 Å². The van der Waals surface area contributed by atoms with Crippen molar-refractivity contribution in [1.29, 1.82) is 0 Å². The lowest BCUT2D eigenvalue weighted by atomic mass is 10.1. The number of nitrogens with one attached hydrogen (secondary N) is 1. The van der Waals surface area contributed by atoms with E-state index in [1.165, 1.54) is 7.11 Å². The lowest BCUT2D eigenvalue weighted by Crippen LogP contribution is -2.48. The maximum absolute atomic E-state index is 12.6. The Labute approximate surface area is 169 Å². The Morgan fingerprint density at radius 1 is 0.897 bits per heavy atom. The van der Waals surface area contributed by atoms with Gasteiger partial charge < -0.3 is 24.6 Å². The third-order valence-corrected chi connectivity index (χ3v) is 4.79. The Morgan fingerprint density at radius 2 is 1.52 bits per heavy atom. The standard InChI is InChI=1S/C21H23N3O5/c1-28-18-8-7-17(13-19(18)29-2)22-20(26)15-3-5-16(6-4-15)21(27)24-11-9-23(14-25)10-12-24/h3-8,13-14H,9-12H2,1-2H3,(H,22,26). The monoisotopic (exact) mass is 397 g/mol. The lowest BCUT2D eigenvalue weighted by Gasteiger charge is -2.32. The Balaban J connectivity index is 1.64. The molecule has 8 heteroatoms. The number of rotatable bonds is 6. The smallest absolute Gasteiger partial charge is 0.255 e. The van der Waals surface area contributed by atoms with Gasteiger partial charge >= 0.3 is 0 Å². The van der Waals surface area contributed by atoms with E-state index in [2.05, 4.69) is 5.32 Å². The molecule has 1 N–H and O–H groups in total. The maximum atomic E-state index is 12.6. The van der Waals surface area contributed by atoms with Crippen molar-refractivity contribution in [1.82, 2.24) is 9.80 Å². The molecule has 1 saturated heterocycles. The van der Waals surface area contributed by atoms with Gasteiger partial charge in [0.25, 0.3) is 11.8 Å². The molecule has 0 aromatic heterocycles. The molecule has 3 rings (SSSR count). The molecule has 0 atom stereocenters. The number of hydrogen-bond donors (Lipinski definition) is 1. The second-order valence-electron chi connectivity index (χ2n) is 6.53. The predicted octanol–water partition coefficient (Wildman–Crippen LogP) is 1.87. The van der Waals surface area contributed by atoms with Gasteiger partial charge in [-0.05, 0) is 36.4 Å². The predicted molar refractivity (Wildman–Crippen MR) is 107 cm³/mol. The summed E-state index contributed by atoms with van der Waals surface area (Å²) in [5.74, 6) is 0.682. The van der Waals surface area contributed by atoms with Gasteiger partial charge in [0, 0.05) is 49.1 Å². The van der Waals surface area contributed by atoms with Gasteiger partial charge in [-0.3, -0.25) is 14.4 Å². The van der Waals surface area contributed by atoms with Crippen LogP contribution in [0.5, 0.6) is 11.5 Å². The van der Waals surface area contributed by atoms with Crippen LogP contribution in [0.15, 0.2) is 42.5 Å². The molecule has 152 valence electrons. The van der Waals surface area contributed by atoms with Crippen LogP contribution in [0.3, 0.4) is 0 Å². The fraction of sp³-hybridized carbons (Fsp3) is 0.286. The summed E-state index contributed by atoms with van der Waals surface area (Å²) < 4.78 is 10.4. The van der Waals surface area contributed by atoms with E-state index < -0.39 is 0 Å². The van der Waals surface area contributed by atoms with Crippen LogP contribution >= 0.6 is 0 Å². The van der Waals surface area contributed by atoms with E-state index in [9.17, 15) is 14.4 Å². The summed E-state index contributed by atoms with van der Waals surface area (Å²) in [6, 6.07) is 11.6. The molecule has 29 heavy (non-hydrogen) atoms. The first-order valence-electron chi connectivity index (χ1n) is 9.17. The zero-order valence-electron chi connectivity index (χ0n) is 16.4. The number of benzene rings is 2. The Hall–Kier alpha value is -3.55. The Kier molecular flexibility index (Phi) is 6.33. The SMILES string of the molecule is COc1ccc(NC(=O)c2ccc(C(=O)N3CCN(C=O)CC3)cc2)cc1OC. The summed E-state index contributed by atoms with van der Waals surface area (Å²) in [5, 5.41) is 2.80. The molecular formula is C21H23N3O5. The number of nitrogens with zero attached hydrogens (tertiary/aromatic N) is 2. The molecule has 2 aromatic carbocycles. The summed E-state index contributed by atoms with van der Waals surface area (Å²) in [6.07, 6.45) is 0.799. The number of hydrogen-bond acceptors (Lipinski definition) is 5. The van der Waals surface area contributed by atoms with E-state index >= 15 is 0 Å². The summed E-state index contributed by atoms with van der Waals surface area (Å²) in [6.45, 7) is 2.06. The molecule has 1 aliphatic heterocycles. The Morgan fingerprint density at radius 3 is 2.10 bits per heavy atom. The third kappa shape index (κ3) is 4.66. The van der Waals surface area contributed by atoms with E-state index in [-0.39, 0.29) is 11.8 Å². The minimum absolute atomic E-state index is 0.109. The van der Waals surface area contributed by atoms with Crippen LogP contribution < -0.4 is 14.8 Å². The molecule has 0 aliphatic carbocycles. The molecule has 0 saturated carbocycles. The average molecular weight is 397 g/mol. The number of anilines is 1. The quantitative estimate of drug-likeness (QED) is 0.752. The fourth-order valence-electron chi connectivity index (χ4n) is 3.09. The topological polar surface area (TPSA) is 88.2 Å². The summed E-state index contributed by atoms with van der Waals surface area (Å²) in [7, 11) is 3.07. The second kappa shape index (κ2) is 9.09. The summed E-state index contributed by atoms with van der Waals surface area (Å²) in [5.41, 5.74) is 1.51. The highest BCUT2D eigenvalue weighted by molar-refractivity contribution is 6.05. The number of ether oxygens (including phenoxy) is 2. The lowest BCUT2D eigenvalue weighted by molar-refractivity contribution is -0.119. The first kappa shape index (κ1) is 20.2. The maximum Gasteiger partial charge on any atom is 0.255 e. The van der Waals surface area contributed by atoms with Gasteiger partial charge in [0.1, 0.15) is 0 Å². The zero-order chi connectivity index (χ0) is 20.8. The number of carbonyl (C=O) groups is 3. The molecule has 1 aliphatic rings. The van der Waals surface area contributed by atoms with E-state index in [0.717, 1.165) is 6.41 Å². The van der Waals surface area contributed by atoms with Crippen molar-refractivity contribution >= 4 is 23.9 Å². The van der Waals surface area contributed by atoms with Crippen molar-refractivity contribution in [3.63, 3.8) is 0 Å². The van der Waals surface area contributed by atoms with Crippen LogP contribution in [0, 0.1) is 0 Å². The number of methoxy groups -OCH3 is 2. The van der Waals surface area contributed by atoms with Gasteiger partial charge in [0.2, 0.25) is 6.41 Å². The second-order valence-corrected chi connectivity index (χ2v) is 6.53. The van der Waals surface area contributed by atoms with Crippen LogP contribution in [-0.4, -0.2) is 68.4 Å². The van der Waals surface area contributed by atoms with Crippen LogP contribution in [0.1, 0.15) is 20.7 Å². The van der Waals surface area contributed by atoms with Gasteiger partial charge in [-0.2, -0.15) is 0 Å². The largest absolute Gasteiger partial charge is 0.493 e. The molecule has 1 heterocycles. The van der Waals surface area contributed by atoms with Gasteiger partial charge in [0.15, 0.2) is 11.5 Å². The normalized spacial score (nSPS) is 13.6. The molecule has 0 unspecified atom stereocenters. The minimum Gasteiger partial charge on any atom is -0.493 e. The van der Waals surface area contributed by atoms with Crippen molar-refractivity contribution in [2.75, 3.05) is 45.7 Å². The van der Waals surface area contributed by atoms with Gasteiger partial charge in [-0.25, -0.2) is 0 Å². The van der Waals surface area contributed by atoms with Crippen molar-refractivity contribution in [3.8, 4) is 11.5 Å². The molecule has 0 radical (unpaired) electrons. The Bertz CT molecular complexity index is 890. The highest BCUT2D eigenvalue weighted by Gasteiger charge is 2.21. The van der Waals surface area contributed by atoms with E-state index in [0.29, 0.717) is 54.5 Å². The van der Waals surface area contributed by atoms with Crippen LogP contribution in [0.25, 0.3) is 0 Å². The molecule has 1 fully saturated rings. The first-order valence-corrected chi connectivity index (χ1v) is 9.17. The molecule has 0 bridgehead atoms. The summed E-state index contributed by atoms with van der Waals surface area (Å²) in [4.78, 5) is 39.2. The molecule has 2 aromatic rings. The molecule has 3 amide bonds. The van der Waals surface area contributed by atoms with Gasteiger partial charge in [-0.15, -0.1) is 0 Å². The third-order valence-electron chi connectivity index (χ3n) is 4.79. The van der Waals surface area contributed by atoms with E-state index in [4.69, 9.17) is 9.47 Å². The van der Waals surface area contributed by atoms with Gasteiger partial charge in [-0.1, -0.05) is 0 Å². The number of piperazine rings is 1. The number of amides is 3. The zero-order valence-corrected chi connectivity index (χ0v) is 16.4. The molecular weight excluding hydrogens is 374 g/mol. The molecule has 0 spiro atoms. The molecule has 8 nitrogen and oxygen atoms in total. The van der Waals surface area contributed by atoms with Crippen molar-refractivity contribution < 1.29 is 23.9 Å². The van der Waals surface area contributed by atoms with Crippen molar-refractivity contribution in [3.05, 3.63) is 53.6 Å². The van der Waals surface area contributed by atoms with Crippen LogP contribution in [0.2, 0.25) is 0 Å². The van der Waals surface area contributed by atoms with Crippen molar-refractivity contribution in [2.45, 2.75) is 0 Å². The van der Waals surface area contributed by atoms with Crippen LogP contribution in [-0.2, 0) is 4.79 Å². The highest BCUT2D eigenvalue weighted by Crippen LogP contribution is 2.29. The first-order chi connectivity index (χ1) is 14.0. The number of carbonyl (C=O) groups excluding carboxylic acids is 3. The highest BCUT2D eigenvalue weighted by atomic mass is 16.5. The fourth-order valence-corrected chi connectivity index (χ4v) is 3.09. The van der Waals surface area contributed by atoms with E-state index in [1.54, 1.807) is 59.4 Å². The van der Waals surface area contributed by atoms with Crippen LogP contribution in [0.4, 0.5) is 5.69 Å².